The highest BCUT2D eigenvalue weighted by Crippen LogP contribution is 2.32. The summed E-state index contributed by atoms with van der Waals surface area (Å²) in [7, 11) is 0. The lowest BCUT2D eigenvalue weighted by molar-refractivity contribution is -0.124. The Morgan fingerprint density at radius 3 is 2.50 bits per heavy atom. The number of aromatic nitrogens is 1. The van der Waals surface area contributed by atoms with Crippen molar-refractivity contribution in [2.45, 2.75) is 32.9 Å². The van der Waals surface area contributed by atoms with Crippen molar-refractivity contribution < 1.29 is 14.7 Å². The maximum atomic E-state index is 12.5. The van der Waals surface area contributed by atoms with Gasteiger partial charge in [-0.3, -0.25) is 9.59 Å². The molecule has 1 heterocycles. The Morgan fingerprint density at radius 1 is 1.12 bits per heavy atom. The first-order chi connectivity index (χ1) is 15.2. The summed E-state index contributed by atoms with van der Waals surface area (Å²) < 4.78 is 0. The number of hydrogen-bond acceptors (Lipinski definition) is 5. The van der Waals surface area contributed by atoms with E-state index in [0.29, 0.717) is 27.4 Å². The van der Waals surface area contributed by atoms with E-state index in [4.69, 9.17) is 17.3 Å². The van der Waals surface area contributed by atoms with E-state index in [2.05, 4.69) is 15.6 Å². The van der Waals surface area contributed by atoms with Gasteiger partial charge in [-0.25, -0.2) is 4.98 Å². The molecule has 0 fully saturated rings. The molecule has 0 aliphatic rings. The number of nitrogens with one attached hydrogen (secondary N) is 2. The predicted molar refractivity (Wildman–Crippen MR) is 126 cm³/mol. The molecule has 0 saturated heterocycles. The van der Waals surface area contributed by atoms with E-state index in [1.165, 1.54) is 6.20 Å². The van der Waals surface area contributed by atoms with E-state index < -0.39 is 12.0 Å². The second-order valence-electron chi connectivity index (χ2n) is 7.73. The summed E-state index contributed by atoms with van der Waals surface area (Å²) >= 11 is 6.45. The molecule has 1 atom stereocenters. The molecule has 5 N–H and O–H groups in total. The van der Waals surface area contributed by atoms with Gasteiger partial charge in [-0.1, -0.05) is 41.9 Å². The van der Waals surface area contributed by atoms with Gasteiger partial charge in [0.2, 0.25) is 0 Å². The highest BCUT2D eigenvalue weighted by atomic mass is 35.5. The molecule has 0 unspecified atom stereocenters. The van der Waals surface area contributed by atoms with Gasteiger partial charge in [-0.05, 0) is 50.1 Å². The number of pyridine rings is 1. The molecular weight excluding hydrogens is 428 g/mol. The number of rotatable bonds is 6. The number of carbonyl (C=O) groups excluding carboxylic acids is 2. The third-order valence-electron chi connectivity index (χ3n) is 4.86. The van der Waals surface area contributed by atoms with Crippen molar-refractivity contribution in [3.8, 4) is 11.1 Å². The Hall–Kier alpha value is -3.42. The monoisotopic (exact) mass is 452 g/mol. The maximum Gasteiger partial charge on any atom is 0.257 e. The number of nitrogen functional groups attached to an aromatic ring is 1. The highest BCUT2D eigenvalue weighted by molar-refractivity contribution is 6.33. The molecule has 0 aliphatic heterocycles. The van der Waals surface area contributed by atoms with Gasteiger partial charge in [0.1, 0.15) is 5.82 Å². The molecule has 3 rings (SSSR count). The number of benzene rings is 2. The van der Waals surface area contributed by atoms with Crippen LogP contribution in [0.3, 0.4) is 0 Å². The lowest BCUT2D eigenvalue weighted by Crippen LogP contribution is -2.30. The number of nitrogens with two attached hydrogens (primary N) is 1. The van der Waals surface area contributed by atoms with E-state index in [9.17, 15) is 14.7 Å². The van der Waals surface area contributed by atoms with Gasteiger partial charge in [-0.2, -0.15) is 0 Å². The van der Waals surface area contributed by atoms with Gasteiger partial charge in [0.15, 0.2) is 6.10 Å². The first-order valence-electron chi connectivity index (χ1n) is 10.1. The minimum atomic E-state index is -1.31. The molecule has 3 aromatic rings. The molecule has 8 heteroatoms. The van der Waals surface area contributed by atoms with E-state index in [1.54, 1.807) is 36.4 Å². The summed E-state index contributed by atoms with van der Waals surface area (Å²) in [6.07, 6.45) is 0.223. The standard InChI is InChI=1S/C24H25ClN4O3/c1-13(2)28-23(31)19-10-15(12-27-22(19)26)18-9-8-16(11-20(18)25)29-24(32)21(30)17-7-5-4-6-14(17)3/h4-13,21,30H,1-3H3,(H2,26,27)(H,28,31)(H,29,32)/t21-/m1/s1. The summed E-state index contributed by atoms with van der Waals surface area (Å²) in [5.74, 6) is -0.765. The normalized spacial score (nSPS) is 11.8. The zero-order valence-electron chi connectivity index (χ0n) is 18.0. The van der Waals surface area contributed by atoms with Gasteiger partial charge in [0, 0.05) is 29.1 Å². The molecular formula is C24H25ClN4O3. The van der Waals surface area contributed by atoms with Crippen LogP contribution in [-0.4, -0.2) is 27.9 Å². The Bertz CT molecular complexity index is 1160. The molecule has 166 valence electrons. The molecule has 1 aromatic heterocycles. The van der Waals surface area contributed by atoms with Gasteiger partial charge in [-0.15, -0.1) is 0 Å². The van der Waals surface area contributed by atoms with Crippen LogP contribution in [0.15, 0.2) is 54.7 Å². The number of carbonyl (C=O) groups is 2. The fraction of sp³-hybridized carbons (Fsp3) is 0.208. The summed E-state index contributed by atoms with van der Waals surface area (Å²) in [6.45, 7) is 5.53. The second kappa shape index (κ2) is 9.80. The molecule has 2 aromatic carbocycles. The summed E-state index contributed by atoms with van der Waals surface area (Å²) in [6, 6.07) is 13.7. The lowest BCUT2D eigenvalue weighted by atomic mass is 10.0. The van der Waals surface area contributed by atoms with Crippen molar-refractivity contribution in [2.75, 3.05) is 11.1 Å². The summed E-state index contributed by atoms with van der Waals surface area (Å²) in [5.41, 5.74) is 9.14. The number of aliphatic hydroxyl groups excluding tert-OH is 1. The number of hydrogen-bond donors (Lipinski definition) is 4. The van der Waals surface area contributed by atoms with Crippen molar-refractivity contribution in [3.63, 3.8) is 0 Å². The first kappa shape index (κ1) is 23.2. The van der Waals surface area contributed by atoms with Crippen molar-refractivity contribution in [3.05, 3.63) is 76.4 Å². The van der Waals surface area contributed by atoms with Crippen molar-refractivity contribution in [1.82, 2.24) is 10.3 Å². The first-order valence-corrected chi connectivity index (χ1v) is 10.5. The van der Waals surface area contributed by atoms with E-state index >= 15 is 0 Å². The Morgan fingerprint density at radius 2 is 1.84 bits per heavy atom. The van der Waals surface area contributed by atoms with Gasteiger partial charge < -0.3 is 21.5 Å². The number of nitrogens with zero attached hydrogens (tertiary/aromatic N) is 1. The summed E-state index contributed by atoms with van der Waals surface area (Å²) in [5, 5.41) is 16.2. The van der Waals surface area contributed by atoms with Gasteiger partial charge >= 0.3 is 0 Å². The fourth-order valence-electron chi connectivity index (χ4n) is 3.22. The number of aliphatic hydroxyl groups is 1. The van der Waals surface area contributed by atoms with Crippen LogP contribution in [0.5, 0.6) is 0 Å². The van der Waals surface area contributed by atoms with E-state index in [0.717, 1.165) is 5.56 Å². The number of anilines is 2. The number of halogens is 1. The van der Waals surface area contributed by atoms with Crippen LogP contribution in [0.2, 0.25) is 5.02 Å². The van der Waals surface area contributed by atoms with Crippen molar-refractivity contribution in [2.24, 2.45) is 0 Å². The molecule has 2 amide bonds. The molecule has 0 saturated carbocycles. The highest BCUT2D eigenvalue weighted by Gasteiger charge is 2.20. The topological polar surface area (TPSA) is 117 Å². The zero-order valence-corrected chi connectivity index (χ0v) is 18.8. The van der Waals surface area contributed by atoms with Crippen LogP contribution in [0.1, 0.15) is 41.4 Å². The molecule has 0 bridgehead atoms. The average molecular weight is 453 g/mol. The summed E-state index contributed by atoms with van der Waals surface area (Å²) in [4.78, 5) is 29.0. The quantitative estimate of drug-likeness (QED) is 0.449. The Labute approximate surface area is 191 Å². The predicted octanol–water partition coefficient (Wildman–Crippen LogP) is 4.10. The van der Waals surface area contributed by atoms with Crippen LogP contribution in [0, 0.1) is 6.92 Å². The largest absolute Gasteiger partial charge is 0.383 e. The van der Waals surface area contributed by atoms with Crippen LogP contribution in [0.4, 0.5) is 11.5 Å². The molecule has 0 aliphatic carbocycles. The molecule has 32 heavy (non-hydrogen) atoms. The lowest BCUT2D eigenvalue weighted by Gasteiger charge is -2.15. The number of amides is 2. The van der Waals surface area contributed by atoms with Crippen LogP contribution >= 0.6 is 11.6 Å². The maximum absolute atomic E-state index is 12.5. The number of aryl methyl sites for hydroxylation is 1. The molecule has 0 radical (unpaired) electrons. The molecule has 0 spiro atoms. The Balaban J connectivity index is 1.82. The van der Waals surface area contributed by atoms with Gasteiger partial charge in [0.05, 0.1) is 10.6 Å². The Kier molecular flexibility index (Phi) is 7.12. The van der Waals surface area contributed by atoms with Crippen molar-refractivity contribution >= 4 is 34.9 Å². The fourth-order valence-corrected chi connectivity index (χ4v) is 3.51. The smallest absolute Gasteiger partial charge is 0.257 e. The van der Waals surface area contributed by atoms with Gasteiger partial charge in [0.25, 0.3) is 11.8 Å². The van der Waals surface area contributed by atoms with E-state index in [1.807, 2.05) is 32.9 Å². The zero-order chi connectivity index (χ0) is 23.4. The van der Waals surface area contributed by atoms with Crippen LogP contribution < -0.4 is 16.4 Å². The third kappa shape index (κ3) is 5.25. The second-order valence-corrected chi connectivity index (χ2v) is 8.14. The van der Waals surface area contributed by atoms with Crippen LogP contribution in [-0.2, 0) is 4.79 Å². The van der Waals surface area contributed by atoms with Crippen molar-refractivity contribution in [1.29, 1.82) is 0 Å². The van der Waals surface area contributed by atoms with E-state index in [-0.39, 0.29) is 23.3 Å². The SMILES string of the molecule is Cc1ccccc1[C@@H](O)C(=O)Nc1ccc(-c2cnc(N)c(C(=O)NC(C)C)c2)c(Cl)c1. The minimum absolute atomic E-state index is 0.0490. The third-order valence-corrected chi connectivity index (χ3v) is 5.17. The minimum Gasteiger partial charge on any atom is -0.383 e. The van der Waals surface area contributed by atoms with Crippen LogP contribution in [0.25, 0.3) is 11.1 Å². The molecule has 7 nitrogen and oxygen atoms in total. The average Bonchev–Trinajstić information content (AvgIpc) is 2.73.